The van der Waals surface area contributed by atoms with E-state index in [1.165, 1.54) is 0 Å². The maximum absolute atomic E-state index is 12.0. The van der Waals surface area contributed by atoms with E-state index in [9.17, 15) is 26.4 Å². The van der Waals surface area contributed by atoms with E-state index >= 15 is 0 Å². The van der Waals surface area contributed by atoms with Gasteiger partial charge in [-0.05, 0) is 6.07 Å². The summed E-state index contributed by atoms with van der Waals surface area (Å²) in [6.45, 7) is 0. The van der Waals surface area contributed by atoms with Gasteiger partial charge in [0.25, 0.3) is 5.91 Å². The Balaban J connectivity index is 3.10. The van der Waals surface area contributed by atoms with Crippen LogP contribution in [0.4, 0.5) is 13.2 Å². The van der Waals surface area contributed by atoms with Gasteiger partial charge in [-0.3, -0.25) is 4.79 Å². The molecule has 0 atom stereocenters. The van der Waals surface area contributed by atoms with Crippen LogP contribution in [-0.4, -0.2) is 36.5 Å². The van der Waals surface area contributed by atoms with Gasteiger partial charge in [-0.1, -0.05) is 0 Å². The minimum absolute atomic E-state index is 0.644. The van der Waals surface area contributed by atoms with Gasteiger partial charge >= 0.3 is 6.18 Å². The summed E-state index contributed by atoms with van der Waals surface area (Å²) in [5.74, 6) is -2.35. The number of hydrogen-bond acceptors (Lipinski definition) is 5. The van der Waals surface area contributed by atoms with Crippen molar-refractivity contribution < 1.29 is 26.4 Å². The molecule has 0 saturated carbocycles. The lowest BCUT2D eigenvalue weighted by Gasteiger charge is -2.08. The lowest BCUT2D eigenvalue weighted by atomic mass is 10.4. The second kappa shape index (κ2) is 4.88. The van der Waals surface area contributed by atoms with Gasteiger partial charge in [0, 0.05) is 0 Å². The Morgan fingerprint density at radius 3 is 2.50 bits per heavy atom. The Kier molecular flexibility index (Phi) is 3.89. The number of aromatic nitrogens is 2. The fourth-order valence-corrected chi connectivity index (χ4v) is 2.53. The molecule has 10 heteroatoms. The zero-order chi connectivity index (χ0) is 14.0. The van der Waals surface area contributed by atoms with Gasteiger partial charge in [-0.15, -0.1) is 5.10 Å². The number of hydrogen-bond donors (Lipinski definition) is 1. The molecule has 1 amide bonds. The number of nitrogens with two attached hydrogens (primary N) is 1. The molecule has 0 bridgehead atoms. The summed E-state index contributed by atoms with van der Waals surface area (Å²) in [5, 5.41) is 6.46. The number of rotatable bonds is 4. The number of alkyl halides is 3. The van der Waals surface area contributed by atoms with Crippen LogP contribution in [-0.2, 0) is 9.84 Å². The van der Waals surface area contributed by atoms with Crippen LogP contribution in [0.2, 0.25) is 0 Å². The van der Waals surface area contributed by atoms with Crippen LogP contribution in [0.3, 0.4) is 0 Å². The third-order valence-corrected chi connectivity index (χ3v) is 3.65. The van der Waals surface area contributed by atoms with Crippen LogP contribution in [0.25, 0.3) is 0 Å². The normalized spacial score (nSPS) is 12.4. The third-order valence-electron chi connectivity index (χ3n) is 1.91. The molecule has 0 spiro atoms. The van der Waals surface area contributed by atoms with E-state index in [-0.39, 0.29) is 0 Å². The second-order valence-electron chi connectivity index (χ2n) is 3.29. The summed E-state index contributed by atoms with van der Waals surface area (Å²) >= 11 is 0. The van der Waals surface area contributed by atoms with Crippen molar-refractivity contribution in [2.45, 2.75) is 17.5 Å². The van der Waals surface area contributed by atoms with Crippen molar-refractivity contribution in [3.63, 3.8) is 0 Å². The third kappa shape index (κ3) is 3.65. The molecular formula is C8H8F3N3O3S. The average molecular weight is 283 g/mol. The topological polar surface area (TPSA) is 103 Å². The maximum atomic E-state index is 12.0. The number of sulfone groups is 1. The van der Waals surface area contributed by atoms with Gasteiger partial charge < -0.3 is 5.73 Å². The monoisotopic (exact) mass is 283 g/mol. The Morgan fingerprint density at radius 1 is 1.39 bits per heavy atom. The molecule has 2 N–H and O–H groups in total. The number of carbonyl (C=O) groups excluding carboxylic acids is 1. The van der Waals surface area contributed by atoms with Crippen LogP contribution in [0, 0.1) is 0 Å². The first kappa shape index (κ1) is 14.4. The highest BCUT2D eigenvalue weighted by molar-refractivity contribution is 7.91. The Bertz CT molecular complexity index is 556. The summed E-state index contributed by atoms with van der Waals surface area (Å²) in [6, 6.07) is 0.888. The van der Waals surface area contributed by atoms with Crippen molar-refractivity contribution in [1.82, 2.24) is 10.2 Å². The number of halogens is 3. The number of nitrogens with zero attached hydrogens (tertiary/aromatic N) is 2. The van der Waals surface area contributed by atoms with Gasteiger partial charge in [0.15, 0.2) is 15.5 Å². The van der Waals surface area contributed by atoms with Crippen LogP contribution < -0.4 is 5.73 Å². The minimum Gasteiger partial charge on any atom is -0.364 e. The Labute approximate surface area is 99.9 Å². The van der Waals surface area contributed by atoms with Crippen molar-refractivity contribution in [2.24, 2.45) is 5.73 Å². The summed E-state index contributed by atoms with van der Waals surface area (Å²) < 4.78 is 59.2. The second-order valence-corrected chi connectivity index (χ2v) is 5.37. The van der Waals surface area contributed by atoms with Gasteiger partial charge in [-0.2, -0.15) is 18.3 Å². The standard InChI is InChI=1S/C8H8F3N3O3S/c9-8(10,11)2-4-18(16,17)5-1-3-13-14-6(5)7(12)15/h1,3H,2,4H2,(H2,12,15). The summed E-state index contributed by atoms with van der Waals surface area (Å²) in [7, 11) is -4.29. The van der Waals surface area contributed by atoms with E-state index in [0.29, 0.717) is 0 Å². The summed E-state index contributed by atoms with van der Waals surface area (Å²) in [4.78, 5) is 10.3. The van der Waals surface area contributed by atoms with E-state index in [1.807, 2.05) is 0 Å². The fraction of sp³-hybridized carbons (Fsp3) is 0.375. The minimum atomic E-state index is -4.61. The molecule has 0 aromatic carbocycles. The van der Waals surface area contributed by atoms with Crippen molar-refractivity contribution in [1.29, 1.82) is 0 Å². The molecule has 18 heavy (non-hydrogen) atoms. The molecule has 0 aliphatic heterocycles. The van der Waals surface area contributed by atoms with Gasteiger partial charge in [0.1, 0.15) is 4.90 Å². The molecule has 1 rings (SSSR count). The van der Waals surface area contributed by atoms with Crippen molar-refractivity contribution >= 4 is 15.7 Å². The molecule has 6 nitrogen and oxygen atoms in total. The van der Waals surface area contributed by atoms with Crippen LogP contribution in [0.15, 0.2) is 17.2 Å². The van der Waals surface area contributed by atoms with Crippen molar-refractivity contribution in [3.05, 3.63) is 18.0 Å². The summed E-state index contributed by atoms with van der Waals surface area (Å²) in [5.41, 5.74) is 4.20. The van der Waals surface area contributed by atoms with Crippen molar-refractivity contribution in [2.75, 3.05) is 5.75 Å². The fourth-order valence-electron chi connectivity index (χ4n) is 1.10. The number of amides is 1. The highest BCUT2D eigenvalue weighted by Crippen LogP contribution is 2.23. The highest BCUT2D eigenvalue weighted by atomic mass is 32.2. The molecule has 1 heterocycles. The highest BCUT2D eigenvalue weighted by Gasteiger charge is 2.32. The van der Waals surface area contributed by atoms with Crippen molar-refractivity contribution in [3.8, 4) is 0 Å². The molecule has 0 fully saturated rings. The van der Waals surface area contributed by atoms with E-state index < -0.39 is 44.7 Å². The largest absolute Gasteiger partial charge is 0.390 e. The van der Waals surface area contributed by atoms with Gasteiger partial charge in [-0.25, -0.2) is 8.42 Å². The lowest BCUT2D eigenvalue weighted by Crippen LogP contribution is -2.22. The predicted octanol–water partition coefficient (Wildman–Crippen LogP) is 0.302. The molecule has 1 aromatic rings. The quantitative estimate of drug-likeness (QED) is 0.856. The van der Waals surface area contributed by atoms with Crippen LogP contribution in [0.5, 0.6) is 0 Å². The molecule has 100 valence electrons. The Morgan fingerprint density at radius 2 is 2.00 bits per heavy atom. The smallest absolute Gasteiger partial charge is 0.364 e. The van der Waals surface area contributed by atoms with E-state index in [1.54, 1.807) is 0 Å². The molecule has 0 saturated heterocycles. The number of carbonyl (C=O) groups is 1. The summed E-state index contributed by atoms with van der Waals surface area (Å²) in [6.07, 6.45) is -5.18. The van der Waals surface area contributed by atoms with Crippen LogP contribution in [0.1, 0.15) is 16.9 Å². The molecule has 1 aromatic heterocycles. The van der Waals surface area contributed by atoms with Crippen LogP contribution >= 0.6 is 0 Å². The molecule has 0 aliphatic carbocycles. The average Bonchev–Trinajstić information content (AvgIpc) is 2.26. The molecule has 0 unspecified atom stereocenters. The van der Waals surface area contributed by atoms with E-state index in [4.69, 9.17) is 5.73 Å². The maximum Gasteiger partial charge on any atom is 0.390 e. The SMILES string of the molecule is NC(=O)c1nnccc1S(=O)(=O)CCC(F)(F)F. The predicted molar refractivity (Wildman–Crippen MR) is 53.3 cm³/mol. The first-order valence-electron chi connectivity index (χ1n) is 4.54. The zero-order valence-corrected chi connectivity index (χ0v) is 9.62. The van der Waals surface area contributed by atoms with E-state index in [2.05, 4.69) is 10.2 Å². The lowest BCUT2D eigenvalue weighted by molar-refractivity contribution is -0.129. The molecule has 0 aliphatic rings. The van der Waals surface area contributed by atoms with Gasteiger partial charge in [0.2, 0.25) is 0 Å². The first-order chi connectivity index (χ1) is 8.13. The Hall–Kier alpha value is -1.71. The van der Waals surface area contributed by atoms with Gasteiger partial charge in [0.05, 0.1) is 18.4 Å². The first-order valence-corrected chi connectivity index (χ1v) is 6.20. The molecular weight excluding hydrogens is 275 g/mol. The van der Waals surface area contributed by atoms with E-state index in [0.717, 1.165) is 12.3 Å². The number of primary amides is 1. The zero-order valence-electron chi connectivity index (χ0n) is 8.81. The molecule has 0 radical (unpaired) electrons.